The Hall–Kier alpha value is -4.03. The van der Waals surface area contributed by atoms with E-state index in [4.69, 9.17) is 9.72 Å². The molecule has 0 amide bonds. The van der Waals surface area contributed by atoms with Gasteiger partial charge in [-0.3, -0.25) is 19.6 Å². The van der Waals surface area contributed by atoms with Crippen LogP contribution in [0.5, 0.6) is 0 Å². The van der Waals surface area contributed by atoms with E-state index in [9.17, 15) is 33.0 Å². The molecule has 4 atom stereocenters. The number of hydrogen-bond acceptors (Lipinski definition) is 7. The van der Waals surface area contributed by atoms with Crippen molar-refractivity contribution >= 4 is 33.8 Å². The third-order valence-corrected chi connectivity index (χ3v) is 10.3. The van der Waals surface area contributed by atoms with Crippen LogP contribution in [-0.2, 0) is 33.6 Å². The number of fused-ring (bicyclic) bond motifs is 8. The van der Waals surface area contributed by atoms with E-state index in [0.717, 1.165) is 34.3 Å². The summed E-state index contributed by atoms with van der Waals surface area (Å²) in [6.45, 7) is 8.40. The number of ketones is 1. The van der Waals surface area contributed by atoms with Crippen molar-refractivity contribution in [3.05, 3.63) is 68.8 Å². The lowest BCUT2D eigenvalue weighted by Gasteiger charge is -2.34. The molecule has 3 aromatic rings. The number of H-pyrrole nitrogens is 2. The Morgan fingerprint density at radius 3 is 2.30 bits per heavy atom. The van der Waals surface area contributed by atoms with E-state index in [0.29, 0.717) is 24.1 Å². The van der Waals surface area contributed by atoms with Crippen molar-refractivity contribution < 1.29 is 37.7 Å². The van der Waals surface area contributed by atoms with Gasteiger partial charge in [-0.05, 0) is 86.9 Å². The highest BCUT2D eigenvalue weighted by Crippen LogP contribution is 2.48. The zero-order valence-corrected chi connectivity index (χ0v) is 26.6. The fourth-order valence-corrected chi connectivity index (χ4v) is 7.37. The van der Waals surface area contributed by atoms with Gasteiger partial charge in [0.05, 0.1) is 29.6 Å². The molecule has 3 aromatic heterocycles. The summed E-state index contributed by atoms with van der Waals surface area (Å²) in [5.74, 6) is -2.78. The lowest BCUT2D eigenvalue weighted by atomic mass is 9.80. The van der Waals surface area contributed by atoms with Crippen LogP contribution >= 0.6 is 0 Å². The third kappa shape index (κ3) is 4.67. The Labute approximate surface area is 263 Å². The number of aliphatic hydroxyl groups is 2. The summed E-state index contributed by atoms with van der Waals surface area (Å²) in [5, 5.41) is 23.5. The number of carbonyl (C=O) groups excluding carboxylic acids is 2. The molecule has 0 fully saturated rings. The fraction of sp³-hybridized carbons (Fsp3) is 0.471. The lowest BCUT2D eigenvalue weighted by molar-refractivity contribution is -0.148. The normalized spacial score (nSPS) is 24.0. The second-order valence-electron chi connectivity index (χ2n) is 12.8. The second kappa shape index (κ2) is 10.8. The maximum Gasteiger partial charge on any atom is 0.454 e. The van der Waals surface area contributed by atoms with Gasteiger partial charge in [0.15, 0.2) is 0 Å². The molecule has 4 N–H and O–H groups in total. The number of aryl methyl sites for hydroxylation is 4. The first-order chi connectivity index (χ1) is 21.5. The highest BCUT2D eigenvalue weighted by molar-refractivity contribution is 6.09. The van der Waals surface area contributed by atoms with Crippen LogP contribution in [0.3, 0.4) is 0 Å². The van der Waals surface area contributed by atoms with Gasteiger partial charge in [0, 0.05) is 46.2 Å². The van der Waals surface area contributed by atoms with Gasteiger partial charge in [0.25, 0.3) is 5.78 Å². The number of nitrogens with one attached hydrogen (secondary N) is 2. The quantitative estimate of drug-likeness (QED) is 0.195. The van der Waals surface area contributed by atoms with Crippen LogP contribution < -0.4 is 0 Å². The number of nitrogens with zero attached hydrogens (tertiary/aromatic N) is 2. The summed E-state index contributed by atoms with van der Waals surface area (Å²) in [6, 6.07) is 4.53. The maximum absolute atomic E-state index is 13.9. The van der Waals surface area contributed by atoms with E-state index >= 15 is 0 Å². The zero-order chi connectivity index (χ0) is 33.5. The Morgan fingerprint density at radius 1 is 1.00 bits per heavy atom. The van der Waals surface area contributed by atoms with Crippen LogP contribution in [0.2, 0.25) is 0 Å². The number of esters is 1. The Kier molecular flexibility index (Phi) is 7.47. The van der Waals surface area contributed by atoms with E-state index in [1.54, 1.807) is 19.1 Å². The Bertz CT molecular complexity index is 1960. The first kappa shape index (κ1) is 31.9. The van der Waals surface area contributed by atoms with Gasteiger partial charge in [-0.1, -0.05) is 13.8 Å². The number of halogens is 3. The highest BCUT2D eigenvalue weighted by Gasteiger charge is 2.53. The molecule has 5 heterocycles. The molecule has 1 aliphatic carbocycles. The molecule has 2 unspecified atom stereocenters. The Morgan fingerprint density at radius 2 is 1.65 bits per heavy atom. The van der Waals surface area contributed by atoms with Crippen LogP contribution in [-0.4, -0.2) is 55.2 Å². The minimum atomic E-state index is -5.17. The SMILES string of the molecule is CCC1(O)c2cc3[nH]c4c(c5nc(cc6[nH]c(cc(n2)C1(C)O)c(C(=O)C(F)(F)F)c6C)[C@@H](C)[C@@H]5CCC(=O)OC)CCc4c3C. The standard InChI is InChI=1S/C34H37F3N4O5/c1-7-33(45)26-13-23-16(3)18-8-9-20(29(18)40-23)30-19(10-11-27(42)46-6)15(2)21(39-30)12-22-17(4)28(31(43)34(35,36)37)24(38-22)14-25(41-26)32(33,5)44/h12-15,19,38,40,44-45H,7-11H2,1-6H3/t15-,19-,32?,33?/m0/s1. The second-order valence-corrected chi connectivity index (χ2v) is 12.8. The molecule has 3 aliphatic rings. The molecule has 0 saturated carbocycles. The van der Waals surface area contributed by atoms with Crippen LogP contribution in [0.1, 0.15) is 107 Å². The number of Topliss-reactive ketones (excluding diaryl/α,β-unsaturated/α-hetero) is 1. The van der Waals surface area contributed by atoms with E-state index in [1.165, 1.54) is 27.0 Å². The molecular formula is C34H37F3N4O5. The van der Waals surface area contributed by atoms with Crippen molar-refractivity contribution in [2.24, 2.45) is 0 Å². The number of hydrogen-bond donors (Lipinski definition) is 4. The number of rotatable bonds is 5. The molecule has 9 nitrogen and oxygen atoms in total. The van der Waals surface area contributed by atoms with Gasteiger partial charge < -0.3 is 24.9 Å². The fourth-order valence-electron chi connectivity index (χ4n) is 7.37. The summed E-state index contributed by atoms with van der Waals surface area (Å²) in [6.07, 6.45) is -3.05. The molecule has 244 valence electrons. The molecule has 46 heavy (non-hydrogen) atoms. The van der Waals surface area contributed by atoms with Crippen LogP contribution in [0.4, 0.5) is 13.2 Å². The van der Waals surface area contributed by atoms with Gasteiger partial charge in [-0.15, -0.1) is 0 Å². The largest absolute Gasteiger partial charge is 0.469 e. The molecule has 0 saturated heterocycles. The third-order valence-electron chi connectivity index (χ3n) is 10.3. The minimum Gasteiger partial charge on any atom is -0.469 e. The average Bonchev–Trinajstić information content (AvgIpc) is 3.74. The number of carbonyl (C=O) groups is 2. The summed E-state index contributed by atoms with van der Waals surface area (Å²) in [5.41, 5.74) is 1.71. The monoisotopic (exact) mass is 638 g/mol. The van der Waals surface area contributed by atoms with E-state index < -0.39 is 28.7 Å². The molecule has 0 spiro atoms. The van der Waals surface area contributed by atoms with E-state index in [2.05, 4.69) is 15.0 Å². The smallest absolute Gasteiger partial charge is 0.454 e. The van der Waals surface area contributed by atoms with Crippen molar-refractivity contribution in [3.63, 3.8) is 0 Å². The number of ether oxygens (including phenoxy) is 1. The minimum absolute atomic E-state index is 0.0511. The van der Waals surface area contributed by atoms with Gasteiger partial charge in [-0.25, -0.2) is 0 Å². The van der Waals surface area contributed by atoms with Gasteiger partial charge in [-0.2, -0.15) is 13.2 Å². The van der Waals surface area contributed by atoms with Crippen molar-refractivity contribution in [1.29, 1.82) is 0 Å². The first-order valence-corrected chi connectivity index (χ1v) is 15.4. The number of alkyl halides is 3. The number of aromatic nitrogens is 4. The maximum atomic E-state index is 13.9. The summed E-state index contributed by atoms with van der Waals surface area (Å²) in [7, 11) is 1.34. The topological polar surface area (TPSA) is 141 Å². The van der Waals surface area contributed by atoms with Gasteiger partial charge in [0.2, 0.25) is 0 Å². The summed E-state index contributed by atoms with van der Waals surface area (Å²) < 4.78 is 46.7. The zero-order valence-electron chi connectivity index (χ0n) is 26.6. The predicted molar refractivity (Wildman–Crippen MR) is 164 cm³/mol. The van der Waals surface area contributed by atoms with Gasteiger partial charge in [0.1, 0.15) is 11.2 Å². The number of aromatic amines is 2. The average molecular weight is 639 g/mol. The van der Waals surface area contributed by atoms with Crippen LogP contribution in [0, 0.1) is 13.8 Å². The predicted octanol–water partition coefficient (Wildman–Crippen LogP) is 6.12. The van der Waals surface area contributed by atoms with Crippen LogP contribution in [0.15, 0.2) is 18.2 Å². The van der Waals surface area contributed by atoms with E-state index in [-0.39, 0.29) is 58.6 Å². The number of methoxy groups -OCH3 is 1. The van der Waals surface area contributed by atoms with Gasteiger partial charge >= 0.3 is 12.1 Å². The van der Waals surface area contributed by atoms with Crippen LogP contribution in [0.25, 0.3) is 22.1 Å². The van der Waals surface area contributed by atoms with Crippen molar-refractivity contribution in [2.45, 2.75) is 95.9 Å². The molecular weight excluding hydrogens is 601 g/mol. The molecule has 0 radical (unpaired) electrons. The highest BCUT2D eigenvalue weighted by atomic mass is 19.4. The van der Waals surface area contributed by atoms with Crippen molar-refractivity contribution in [3.8, 4) is 0 Å². The lowest BCUT2D eigenvalue weighted by Crippen LogP contribution is -2.43. The summed E-state index contributed by atoms with van der Waals surface area (Å²) in [4.78, 5) is 41.1. The van der Waals surface area contributed by atoms with Crippen molar-refractivity contribution in [1.82, 2.24) is 19.9 Å². The van der Waals surface area contributed by atoms with E-state index in [1.807, 2.05) is 13.8 Å². The molecule has 2 aliphatic heterocycles. The molecule has 8 bridgehead atoms. The summed E-state index contributed by atoms with van der Waals surface area (Å²) >= 11 is 0. The molecule has 12 heteroatoms. The molecule has 6 rings (SSSR count). The Balaban J connectivity index is 1.76. The molecule has 0 aromatic carbocycles. The van der Waals surface area contributed by atoms with Crippen molar-refractivity contribution in [2.75, 3.05) is 7.11 Å². The first-order valence-electron chi connectivity index (χ1n) is 15.4.